The van der Waals surface area contributed by atoms with Gasteiger partial charge in [-0.1, -0.05) is 24.3 Å². The first kappa shape index (κ1) is 23.4. The third kappa shape index (κ3) is 5.27. The average Bonchev–Trinajstić information content (AvgIpc) is 3.49. The van der Waals surface area contributed by atoms with E-state index in [0.717, 1.165) is 17.7 Å². The second kappa shape index (κ2) is 10.5. The number of aromatic nitrogens is 5. The highest BCUT2D eigenvalue weighted by molar-refractivity contribution is 5.98. The molecule has 2 heterocycles. The van der Waals surface area contributed by atoms with E-state index in [4.69, 9.17) is 15.1 Å². The van der Waals surface area contributed by atoms with Gasteiger partial charge in [0.05, 0.1) is 12.8 Å². The number of anilines is 2. The van der Waals surface area contributed by atoms with Crippen LogP contribution in [-0.2, 0) is 0 Å². The van der Waals surface area contributed by atoms with Crippen molar-refractivity contribution in [2.24, 2.45) is 5.10 Å². The number of nitrogen functional groups attached to an aromatic ring is 1. The van der Waals surface area contributed by atoms with Crippen molar-refractivity contribution in [3.63, 3.8) is 0 Å². The number of nitrogens with two attached hydrogens (primary N) is 1. The van der Waals surface area contributed by atoms with Gasteiger partial charge in [0, 0.05) is 25.3 Å². The van der Waals surface area contributed by atoms with Gasteiger partial charge in [0.1, 0.15) is 11.4 Å². The third-order valence-electron chi connectivity index (χ3n) is 4.97. The zero-order valence-corrected chi connectivity index (χ0v) is 19.5. The molecule has 2 aromatic heterocycles. The molecule has 0 aliphatic heterocycles. The molecule has 35 heavy (non-hydrogen) atoms. The summed E-state index contributed by atoms with van der Waals surface area (Å²) < 4.78 is 11.6. The van der Waals surface area contributed by atoms with E-state index in [1.54, 1.807) is 30.5 Å². The predicted molar refractivity (Wildman–Crippen MR) is 131 cm³/mol. The number of rotatable bonds is 9. The maximum Gasteiger partial charge on any atom is 0.294 e. The molecule has 3 N–H and O–H groups in total. The number of ether oxygens (including phenoxy) is 1. The van der Waals surface area contributed by atoms with E-state index in [0.29, 0.717) is 23.6 Å². The normalized spacial score (nSPS) is 11.1. The van der Waals surface area contributed by atoms with E-state index in [9.17, 15) is 4.79 Å². The molecule has 0 bridgehead atoms. The Morgan fingerprint density at radius 1 is 1.17 bits per heavy atom. The van der Waals surface area contributed by atoms with Gasteiger partial charge < -0.3 is 15.4 Å². The van der Waals surface area contributed by atoms with Gasteiger partial charge in [-0.15, -0.1) is 5.10 Å². The number of hydrogen-bond donors (Lipinski definition) is 2. The molecule has 0 radical (unpaired) electrons. The lowest BCUT2D eigenvalue weighted by Gasteiger charge is -2.11. The van der Waals surface area contributed by atoms with Crippen LogP contribution in [0, 0.1) is 0 Å². The fourth-order valence-corrected chi connectivity index (χ4v) is 3.19. The molecule has 4 rings (SSSR count). The van der Waals surface area contributed by atoms with Crippen molar-refractivity contribution in [2.75, 3.05) is 31.3 Å². The zero-order chi connectivity index (χ0) is 24.8. The standard InChI is InChI=1S/C23H25N9O3/c1-4-13-34-18-11-7-16(8-12-18)20-19(26-30-32(20)22-21(24)28-35-29-22)23(33)27-25-14-15-5-9-17(10-6-15)31(2)3/h5-12,14H,4,13H2,1-3H3,(H2,24,28)(H,27,33)/b25-14-. The lowest BCUT2D eigenvalue weighted by Crippen LogP contribution is -2.19. The molecule has 2 aromatic carbocycles. The smallest absolute Gasteiger partial charge is 0.294 e. The number of nitrogens with one attached hydrogen (secondary N) is 1. The first-order valence-electron chi connectivity index (χ1n) is 10.9. The molecule has 0 aliphatic carbocycles. The van der Waals surface area contributed by atoms with Crippen LogP contribution >= 0.6 is 0 Å². The zero-order valence-electron chi connectivity index (χ0n) is 19.5. The van der Waals surface area contributed by atoms with Gasteiger partial charge in [-0.25, -0.2) is 10.1 Å². The quantitative estimate of drug-likeness (QED) is 0.275. The maximum absolute atomic E-state index is 13.0. The summed E-state index contributed by atoms with van der Waals surface area (Å²) in [7, 11) is 3.92. The van der Waals surface area contributed by atoms with Crippen LogP contribution in [0.1, 0.15) is 29.4 Å². The van der Waals surface area contributed by atoms with Crippen molar-refractivity contribution in [1.82, 2.24) is 30.7 Å². The Bertz CT molecular complexity index is 1310. The Morgan fingerprint density at radius 2 is 1.91 bits per heavy atom. The van der Waals surface area contributed by atoms with Crippen LogP contribution in [0.5, 0.6) is 5.75 Å². The minimum absolute atomic E-state index is 0.00481. The summed E-state index contributed by atoms with van der Waals surface area (Å²) >= 11 is 0. The van der Waals surface area contributed by atoms with Crippen LogP contribution in [0.2, 0.25) is 0 Å². The lowest BCUT2D eigenvalue weighted by atomic mass is 10.1. The monoisotopic (exact) mass is 475 g/mol. The first-order chi connectivity index (χ1) is 17.0. The number of carbonyl (C=O) groups excluding carboxylic acids is 1. The fraction of sp³-hybridized carbons (Fsp3) is 0.217. The molecule has 0 aliphatic rings. The molecule has 12 nitrogen and oxygen atoms in total. The minimum atomic E-state index is -0.561. The number of amides is 1. The topological polar surface area (TPSA) is 150 Å². The third-order valence-corrected chi connectivity index (χ3v) is 4.97. The van der Waals surface area contributed by atoms with Crippen LogP contribution in [0.3, 0.4) is 0 Å². The summed E-state index contributed by atoms with van der Waals surface area (Å²) in [6, 6.07) is 14.9. The Kier molecular flexibility index (Phi) is 7.00. The van der Waals surface area contributed by atoms with Crippen LogP contribution in [-0.4, -0.2) is 58.1 Å². The van der Waals surface area contributed by atoms with E-state index < -0.39 is 5.91 Å². The van der Waals surface area contributed by atoms with E-state index >= 15 is 0 Å². The molecule has 0 unspecified atom stereocenters. The molecule has 0 saturated heterocycles. The van der Waals surface area contributed by atoms with Crippen molar-refractivity contribution in [2.45, 2.75) is 13.3 Å². The summed E-state index contributed by atoms with van der Waals surface area (Å²) in [4.78, 5) is 15.0. The van der Waals surface area contributed by atoms with Gasteiger partial charge >= 0.3 is 0 Å². The van der Waals surface area contributed by atoms with E-state index in [1.165, 1.54) is 4.68 Å². The summed E-state index contributed by atoms with van der Waals surface area (Å²) in [6.07, 6.45) is 2.43. The Morgan fingerprint density at radius 3 is 2.54 bits per heavy atom. The highest BCUT2D eigenvalue weighted by Gasteiger charge is 2.25. The van der Waals surface area contributed by atoms with Crippen molar-refractivity contribution in [1.29, 1.82) is 0 Å². The number of hydrazone groups is 1. The van der Waals surface area contributed by atoms with Gasteiger partial charge in [0.15, 0.2) is 5.69 Å². The highest BCUT2D eigenvalue weighted by atomic mass is 16.6. The molecule has 0 spiro atoms. The molecule has 0 fully saturated rings. The Hall–Kier alpha value is -4.74. The predicted octanol–water partition coefficient (Wildman–Crippen LogP) is 2.52. The van der Waals surface area contributed by atoms with Crippen LogP contribution in [0.25, 0.3) is 17.1 Å². The Balaban J connectivity index is 1.61. The van der Waals surface area contributed by atoms with Gasteiger partial charge in [-0.05, 0) is 58.7 Å². The number of carbonyl (C=O) groups is 1. The van der Waals surface area contributed by atoms with Crippen molar-refractivity contribution < 1.29 is 14.2 Å². The van der Waals surface area contributed by atoms with E-state index in [1.807, 2.05) is 50.2 Å². The van der Waals surface area contributed by atoms with Gasteiger partial charge in [-0.3, -0.25) is 4.79 Å². The SMILES string of the molecule is CCCOc1ccc(-c2c(C(=O)N/N=C\c3ccc(N(C)C)cc3)nnn2-c2nonc2N)cc1. The van der Waals surface area contributed by atoms with Crippen LogP contribution < -0.4 is 20.8 Å². The van der Waals surface area contributed by atoms with E-state index in [2.05, 4.69) is 31.2 Å². The maximum atomic E-state index is 13.0. The van der Waals surface area contributed by atoms with Crippen molar-refractivity contribution in [3.8, 4) is 22.8 Å². The fourth-order valence-electron chi connectivity index (χ4n) is 3.19. The molecule has 4 aromatic rings. The molecular formula is C23H25N9O3. The molecule has 180 valence electrons. The van der Waals surface area contributed by atoms with Gasteiger partial charge in [0.2, 0.25) is 11.6 Å². The highest BCUT2D eigenvalue weighted by Crippen LogP contribution is 2.28. The average molecular weight is 476 g/mol. The van der Waals surface area contributed by atoms with Crippen molar-refractivity contribution >= 4 is 23.6 Å². The molecule has 12 heteroatoms. The number of benzene rings is 2. The van der Waals surface area contributed by atoms with Crippen LogP contribution in [0.15, 0.2) is 58.3 Å². The lowest BCUT2D eigenvalue weighted by molar-refractivity contribution is 0.0950. The summed E-state index contributed by atoms with van der Waals surface area (Å²) in [5, 5.41) is 19.5. The molecule has 0 saturated carbocycles. The van der Waals surface area contributed by atoms with Gasteiger partial charge in [-0.2, -0.15) is 9.78 Å². The van der Waals surface area contributed by atoms with Crippen molar-refractivity contribution in [3.05, 3.63) is 59.8 Å². The molecule has 0 atom stereocenters. The van der Waals surface area contributed by atoms with E-state index in [-0.39, 0.29) is 17.3 Å². The minimum Gasteiger partial charge on any atom is -0.494 e. The molecule has 1 amide bonds. The second-order valence-electron chi connectivity index (χ2n) is 7.73. The molecular weight excluding hydrogens is 450 g/mol. The summed E-state index contributed by atoms with van der Waals surface area (Å²) in [5.74, 6) is 0.259. The van der Waals surface area contributed by atoms with Crippen LogP contribution in [0.4, 0.5) is 11.5 Å². The van der Waals surface area contributed by atoms with Gasteiger partial charge in [0.25, 0.3) is 5.91 Å². The Labute approximate surface area is 201 Å². The number of hydrogen-bond acceptors (Lipinski definition) is 10. The largest absolute Gasteiger partial charge is 0.494 e. The summed E-state index contributed by atoms with van der Waals surface area (Å²) in [5.41, 5.74) is 11.2. The summed E-state index contributed by atoms with van der Waals surface area (Å²) in [6.45, 7) is 2.63. The second-order valence-corrected chi connectivity index (χ2v) is 7.73. The first-order valence-corrected chi connectivity index (χ1v) is 10.9. The number of nitrogens with zero attached hydrogens (tertiary/aromatic N) is 7.